The molecule has 1 aromatic carbocycles. The molecule has 0 atom stereocenters. The summed E-state index contributed by atoms with van der Waals surface area (Å²) >= 11 is 0. The summed E-state index contributed by atoms with van der Waals surface area (Å²) in [5.74, 6) is 0.653. The Balaban J connectivity index is 2.64. The molecular formula is C15H24N2O2. The SMILES string of the molecule is CCC(C)(C)N(C)C(=O)COc1ccccc1CN. The molecule has 0 radical (unpaired) electrons. The van der Waals surface area contributed by atoms with E-state index in [0.717, 1.165) is 12.0 Å². The number of nitrogens with zero attached hydrogens (tertiary/aromatic N) is 1. The van der Waals surface area contributed by atoms with Crippen LogP contribution in [-0.2, 0) is 11.3 Å². The zero-order valence-corrected chi connectivity index (χ0v) is 12.3. The number of rotatable bonds is 6. The molecule has 106 valence electrons. The molecule has 2 N–H and O–H groups in total. The first-order valence-electron chi connectivity index (χ1n) is 6.59. The fourth-order valence-electron chi connectivity index (χ4n) is 1.62. The van der Waals surface area contributed by atoms with E-state index < -0.39 is 0 Å². The van der Waals surface area contributed by atoms with Gasteiger partial charge in [-0.2, -0.15) is 0 Å². The van der Waals surface area contributed by atoms with Crippen LogP contribution >= 0.6 is 0 Å². The predicted octanol–water partition coefficient (Wildman–Crippen LogP) is 2.17. The van der Waals surface area contributed by atoms with Crippen LogP contribution in [0.5, 0.6) is 5.75 Å². The number of benzene rings is 1. The van der Waals surface area contributed by atoms with Gasteiger partial charge in [-0.05, 0) is 26.3 Å². The summed E-state index contributed by atoms with van der Waals surface area (Å²) in [6.45, 7) is 6.59. The molecule has 0 bridgehead atoms. The number of nitrogens with two attached hydrogens (primary N) is 1. The number of carbonyl (C=O) groups is 1. The van der Waals surface area contributed by atoms with Crippen LogP contribution in [0.15, 0.2) is 24.3 Å². The lowest BCUT2D eigenvalue weighted by atomic mass is 10.00. The second-order valence-electron chi connectivity index (χ2n) is 5.22. The third kappa shape index (κ3) is 3.96. The Bertz CT molecular complexity index is 430. The third-order valence-electron chi connectivity index (χ3n) is 3.69. The van der Waals surface area contributed by atoms with Gasteiger partial charge in [-0.1, -0.05) is 25.1 Å². The first kappa shape index (κ1) is 15.5. The van der Waals surface area contributed by atoms with Crippen LogP contribution in [0.25, 0.3) is 0 Å². The second kappa shape index (κ2) is 6.57. The van der Waals surface area contributed by atoms with Gasteiger partial charge >= 0.3 is 0 Å². The lowest BCUT2D eigenvalue weighted by Crippen LogP contribution is -2.46. The average molecular weight is 264 g/mol. The summed E-state index contributed by atoms with van der Waals surface area (Å²) in [5.41, 5.74) is 6.38. The Morgan fingerprint density at radius 1 is 1.37 bits per heavy atom. The second-order valence-corrected chi connectivity index (χ2v) is 5.22. The molecule has 0 unspecified atom stereocenters. The van der Waals surface area contributed by atoms with Crippen LogP contribution in [0.3, 0.4) is 0 Å². The van der Waals surface area contributed by atoms with Gasteiger partial charge in [0.15, 0.2) is 6.61 Å². The molecule has 0 spiro atoms. The number of carbonyl (C=O) groups excluding carboxylic acids is 1. The molecule has 1 amide bonds. The number of ether oxygens (including phenoxy) is 1. The molecule has 0 aliphatic carbocycles. The van der Waals surface area contributed by atoms with Crippen molar-refractivity contribution in [3.05, 3.63) is 29.8 Å². The monoisotopic (exact) mass is 264 g/mol. The molecule has 0 saturated heterocycles. The highest BCUT2D eigenvalue weighted by molar-refractivity contribution is 5.78. The molecule has 0 aliphatic rings. The molecule has 0 aromatic heterocycles. The van der Waals surface area contributed by atoms with Crippen molar-refractivity contribution in [2.75, 3.05) is 13.7 Å². The fourth-order valence-corrected chi connectivity index (χ4v) is 1.62. The van der Waals surface area contributed by atoms with Crippen molar-refractivity contribution in [1.29, 1.82) is 0 Å². The Morgan fingerprint density at radius 2 is 2.00 bits per heavy atom. The zero-order valence-electron chi connectivity index (χ0n) is 12.3. The van der Waals surface area contributed by atoms with Gasteiger partial charge in [0.25, 0.3) is 5.91 Å². The van der Waals surface area contributed by atoms with Gasteiger partial charge < -0.3 is 15.4 Å². The molecule has 1 rings (SSSR count). The summed E-state index contributed by atoms with van der Waals surface area (Å²) in [4.78, 5) is 13.8. The summed E-state index contributed by atoms with van der Waals surface area (Å²) in [6, 6.07) is 7.52. The average Bonchev–Trinajstić information content (AvgIpc) is 2.44. The van der Waals surface area contributed by atoms with E-state index in [2.05, 4.69) is 6.92 Å². The van der Waals surface area contributed by atoms with Crippen LogP contribution in [-0.4, -0.2) is 30.0 Å². The highest BCUT2D eigenvalue weighted by Gasteiger charge is 2.25. The Hall–Kier alpha value is -1.55. The van der Waals surface area contributed by atoms with Gasteiger partial charge in [0.05, 0.1) is 0 Å². The third-order valence-corrected chi connectivity index (χ3v) is 3.69. The standard InChI is InChI=1S/C15H24N2O2/c1-5-15(2,3)17(4)14(18)11-19-13-9-7-6-8-12(13)10-16/h6-9H,5,10-11,16H2,1-4H3. The van der Waals surface area contributed by atoms with Crippen molar-refractivity contribution in [2.45, 2.75) is 39.3 Å². The number of likely N-dealkylation sites (N-methyl/N-ethyl adjacent to an activating group) is 1. The molecule has 4 heteroatoms. The van der Waals surface area contributed by atoms with Crippen molar-refractivity contribution in [3.63, 3.8) is 0 Å². The van der Waals surface area contributed by atoms with E-state index in [9.17, 15) is 4.79 Å². The van der Waals surface area contributed by atoms with Crippen LogP contribution in [0.2, 0.25) is 0 Å². The molecule has 4 nitrogen and oxygen atoms in total. The van der Waals surface area contributed by atoms with E-state index in [1.165, 1.54) is 0 Å². The molecule has 0 aliphatic heterocycles. The lowest BCUT2D eigenvalue weighted by molar-refractivity contribution is -0.136. The normalized spacial score (nSPS) is 11.2. The largest absolute Gasteiger partial charge is 0.483 e. The van der Waals surface area contributed by atoms with Crippen LogP contribution < -0.4 is 10.5 Å². The minimum atomic E-state index is -0.159. The molecular weight excluding hydrogens is 240 g/mol. The summed E-state index contributed by atoms with van der Waals surface area (Å²) in [7, 11) is 1.81. The first-order valence-corrected chi connectivity index (χ1v) is 6.59. The Morgan fingerprint density at radius 3 is 2.58 bits per heavy atom. The number of hydrogen-bond donors (Lipinski definition) is 1. The van der Waals surface area contributed by atoms with E-state index in [4.69, 9.17) is 10.5 Å². The smallest absolute Gasteiger partial charge is 0.260 e. The molecule has 19 heavy (non-hydrogen) atoms. The maximum atomic E-state index is 12.1. The maximum Gasteiger partial charge on any atom is 0.260 e. The minimum absolute atomic E-state index is 0.0290. The van der Waals surface area contributed by atoms with Crippen LogP contribution in [0.1, 0.15) is 32.8 Å². The van der Waals surface area contributed by atoms with E-state index in [1.807, 2.05) is 45.2 Å². The highest BCUT2D eigenvalue weighted by atomic mass is 16.5. The minimum Gasteiger partial charge on any atom is -0.483 e. The van der Waals surface area contributed by atoms with Crippen molar-refractivity contribution < 1.29 is 9.53 Å². The molecule has 0 saturated carbocycles. The van der Waals surface area contributed by atoms with Crippen LogP contribution in [0.4, 0.5) is 0 Å². The van der Waals surface area contributed by atoms with Gasteiger partial charge in [0.1, 0.15) is 5.75 Å². The summed E-state index contributed by atoms with van der Waals surface area (Å²) in [6.07, 6.45) is 0.897. The number of hydrogen-bond acceptors (Lipinski definition) is 3. The molecule has 0 heterocycles. The van der Waals surface area contributed by atoms with Gasteiger partial charge in [-0.25, -0.2) is 0 Å². The van der Waals surface area contributed by atoms with Crippen molar-refractivity contribution >= 4 is 5.91 Å². The van der Waals surface area contributed by atoms with E-state index in [1.54, 1.807) is 4.90 Å². The zero-order chi connectivity index (χ0) is 14.5. The van der Waals surface area contributed by atoms with Gasteiger partial charge in [-0.15, -0.1) is 0 Å². The molecule has 0 fully saturated rings. The van der Waals surface area contributed by atoms with Crippen molar-refractivity contribution in [2.24, 2.45) is 5.73 Å². The van der Waals surface area contributed by atoms with E-state index in [-0.39, 0.29) is 18.1 Å². The predicted molar refractivity (Wildman–Crippen MR) is 77.0 cm³/mol. The highest BCUT2D eigenvalue weighted by Crippen LogP contribution is 2.19. The first-order chi connectivity index (χ1) is 8.92. The molecule has 1 aromatic rings. The van der Waals surface area contributed by atoms with E-state index >= 15 is 0 Å². The summed E-state index contributed by atoms with van der Waals surface area (Å²) in [5, 5.41) is 0. The maximum absolute atomic E-state index is 12.1. The van der Waals surface area contributed by atoms with Gasteiger partial charge in [-0.3, -0.25) is 4.79 Å². The lowest BCUT2D eigenvalue weighted by Gasteiger charge is -2.34. The van der Waals surface area contributed by atoms with Gasteiger partial charge in [0.2, 0.25) is 0 Å². The Labute approximate surface area is 115 Å². The van der Waals surface area contributed by atoms with Crippen molar-refractivity contribution in [1.82, 2.24) is 4.90 Å². The Kier molecular flexibility index (Phi) is 5.36. The number of amides is 1. The summed E-state index contributed by atoms with van der Waals surface area (Å²) < 4.78 is 5.58. The van der Waals surface area contributed by atoms with Gasteiger partial charge in [0, 0.05) is 24.7 Å². The van der Waals surface area contributed by atoms with Crippen molar-refractivity contribution in [3.8, 4) is 5.75 Å². The van der Waals surface area contributed by atoms with Crippen LogP contribution in [0, 0.1) is 0 Å². The quantitative estimate of drug-likeness (QED) is 0.856. The van der Waals surface area contributed by atoms with E-state index in [0.29, 0.717) is 12.3 Å². The topological polar surface area (TPSA) is 55.6 Å². The fraction of sp³-hybridized carbons (Fsp3) is 0.533. The number of para-hydroxylation sites is 1.